The molecule has 1 aliphatic carbocycles. The predicted molar refractivity (Wildman–Crippen MR) is 113 cm³/mol. The number of carbonyl (C=O) groups is 1. The average Bonchev–Trinajstić information content (AvgIpc) is 3.38. The number of nitrogens with zero attached hydrogens (tertiary/aromatic N) is 4. The molecule has 0 bridgehead atoms. The van der Waals surface area contributed by atoms with Gasteiger partial charge in [-0.2, -0.15) is 5.10 Å². The van der Waals surface area contributed by atoms with E-state index in [1.165, 1.54) is 0 Å². The smallest absolute Gasteiger partial charge is 0.251 e. The van der Waals surface area contributed by atoms with Gasteiger partial charge in [-0.3, -0.25) is 9.48 Å². The molecule has 2 fully saturated rings. The minimum Gasteiger partial charge on any atom is -0.391 e. The Balaban J connectivity index is 1.30. The highest BCUT2D eigenvalue weighted by Crippen LogP contribution is 2.28. The molecule has 0 spiro atoms. The quantitative estimate of drug-likeness (QED) is 0.775. The summed E-state index contributed by atoms with van der Waals surface area (Å²) >= 11 is 0. The van der Waals surface area contributed by atoms with Crippen LogP contribution in [0.5, 0.6) is 0 Å². The Morgan fingerprint density at radius 1 is 1.17 bits per heavy atom. The second kappa shape index (κ2) is 8.97. The summed E-state index contributed by atoms with van der Waals surface area (Å²) in [6, 6.07) is 9.53. The molecule has 156 valence electrons. The molecule has 7 heteroatoms. The van der Waals surface area contributed by atoms with Crippen LogP contribution < -0.4 is 10.2 Å². The molecular weight excluding hydrogens is 366 g/mol. The average molecular weight is 398 g/mol. The van der Waals surface area contributed by atoms with Crippen molar-refractivity contribution in [3.63, 3.8) is 0 Å². The van der Waals surface area contributed by atoms with Crippen LogP contribution in [-0.2, 0) is 6.54 Å². The van der Waals surface area contributed by atoms with Gasteiger partial charge >= 0.3 is 0 Å². The summed E-state index contributed by atoms with van der Waals surface area (Å²) in [6.07, 6.45) is 4.65. The Hall–Kier alpha value is -2.38. The minimum atomic E-state index is -0.506. The van der Waals surface area contributed by atoms with E-state index in [1.54, 1.807) is 6.20 Å². The number of hydrogen-bond acceptors (Lipinski definition) is 5. The van der Waals surface area contributed by atoms with Gasteiger partial charge in [-0.15, -0.1) is 0 Å². The molecular formula is C22H31N5O2. The molecule has 1 saturated heterocycles. The van der Waals surface area contributed by atoms with Crippen LogP contribution in [-0.4, -0.2) is 70.6 Å². The van der Waals surface area contributed by atoms with Gasteiger partial charge < -0.3 is 20.2 Å². The summed E-state index contributed by atoms with van der Waals surface area (Å²) < 4.78 is 1.89. The van der Waals surface area contributed by atoms with Crippen molar-refractivity contribution in [2.45, 2.75) is 38.5 Å². The fourth-order valence-electron chi connectivity index (χ4n) is 4.49. The van der Waals surface area contributed by atoms with Crippen molar-refractivity contribution in [3.05, 3.63) is 48.3 Å². The third kappa shape index (κ3) is 4.79. The van der Waals surface area contributed by atoms with Crippen molar-refractivity contribution >= 4 is 11.6 Å². The highest BCUT2D eigenvalue weighted by Gasteiger charge is 2.34. The van der Waals surface area contributed by atoms with Crippen LogP contribution in [0.4, 0.5) is 5.69 Å². The predicted octanol–water partition coefficient (Wildman–Crippen LogP) is 1.59. The first-order valence-corrected chi connectivity index (χ1v) is 10.7. The molecule has 4 rings (SSSR count). The third-order valence-electron chi connectivity index (χ3n) is 6.26. The van der Waals surface area contributed by atoms with Crippen molar-refractivity contribution in [1.29, 1.82) is 0 Å². The van der Waals surface area contributed by atoms with Gasteiger partial charge in [0.05, 0.1) is 12.1 Å². The molecule has 3 atom stereocenters. The van der Waals surface area contributed by atoms with Gasteiger partial charge in [-0.1, -0.05) is 6.92 Å². The number of amides is 1. The number of nitrogens with one attached hydrogen (secondary N) is 1. The largest absolute Gasteiger partial charge is 0.391 e. The topological polar surface area (TPSA) is 73.6 Å². The zero-order valence-corrected chi connectivity index (χ0v) is 17.1. The molecule has 1 saturated carbocycles. The van der Waals surface area contributed by atoms with Gasteiger partial charge in [0.25, 0.3) is 5.91 Å². The Kier molecular flexibility index (Phi) is 6.16. The number of anilines is 1. The van der Waals surface area contributed by atoms with Crippen LogP contribution in [0.1, 0.15) is 30.1 Å². The molecule has 2 aromatic rings. The van der Waals surface area contributed by atoms with Gasteiger partial charge in [0.15, 0.2) is 0 Å². The van der Waals surface area contributed by atoms with Gasteiger partial charge in [-0.25, -0.2) is 0 Å². The summed E-state index contributed by atoms with van der Waals surface area (Å²) in [5.41, 5.74) is 1.81. The molecule has 2 heterocycles. The van der Waals surface area contributed by atoms with Crippen LogP contribution in [0.3, 0.4) is 0 Å². The number of hydrogen-bond donors (Lipinski definition) is 2. The maximum absolute atomic E-state index is 12.7. The zero-order chi connectivity index (χ0) is 20.2. The zero-order valence-electron chi connectivity index (χ0n) is 17.1. The summed E-state index contributed by atoms with van der Waals surface area (Å²) in [6.45, 7) is 8.27. The second-order valence-electron chi connectivity index (χ2n) is 8.18. The first-order valence-electron chi connectivity index (χ1n) is 10.7. The van der Waals surface area contributed by atoms with Crippen LogP contribution in [0.25, 0.3) is 0 Å². The van der Waals surface area contributed by atoms with E-state index < -0.39 is 6.10 Å². The SMILES string of the molecule is CCN1CCN(c2ccc(C(=O)N[C@@H]3CC(Cn4cccn4)C[C@H]3O)cc2)CC1. The molecule has 1 aliphatic heterocycles. The van der Waals surface area contributed by atoms with E-state index in [1.807, 2.05) is 41.2 Å². The van der Waals surface area contributed by atoms with Crippen molar-refractivity contribution in [2.75, 3.05) is 37.6 Å². The minimum absolute atomic E-state index is 0.115. The van der Waals surface area contributed by atoms with Crippen molar-refractivity contribution in [2.24, 2.45) is 5.92 Å². The third-order valence-corrected chi connectivity index (χ3v) is 6.26. The monoisotopic (exact) mass is 397 g/mol. The van der Waals surface area contributed by atoms with Crippen LogP contribution in [0, 0.1) is 5.92 Å². The van der Waals surface area contributed by atoms with Crippen LogP contribution >= 0.6 is 0 Å². The summed E-state index contributed by atoms with van der Waals surface area (Å²) in [5.74, 6) is 0.204. The van der Waals surface area contributed by atoms with Gasteiger partial charge in [0.2, 0.25) is 0 Å². The fraction of sp³-hybridized carbons (Fsp3) is 0.545. The Labute approximate surface area is 172 Å². The van der Waals surface area contributed by atoms with E-state index >= 15 is 0 Å². The molecule has 2 aliphatic rings. The highest BCUT2D eigenvalue weighted by molar-refractivity contribution is 5.94. The van der Waals surface area contributed by atoms with Crippen molar-refractivity contribution < 1.29 is 9.90 Å². The Morgan fingerprint density at radius 3 is 2.59 bits per heavy atom. The Morgan fingerprint density at radius 2 is 1.93 bits per heavy atom. The molecule has 2 N–H and O–H groups in total. The van der Waals surface area contributed by atoms with Crippen LogP contribution in [0.2, 0.25) is 0 Å². The molecule has 29 heavy (non-hydrogen) atoms. The van der Waals surface area contributed by atoms with Gasteiger partial charge in [0, 0.05) is 56.4 Å². The summed E-state index contributed by atoms with van der Waals surface area (Å²) in [5, 5.41) is 17.6. The lowest BCUT2D eigenvalue weighted by Crippen LogP contribution is -2.46. The van der Waals surface area contributed by atoms with E-state index in [0.717, 1.165) is 51.4 Å². The van der Waals surface area contributed by atoms with E-state index in [0.29, 0.717) is 17.9 Å². The maximum atomic E-state index is 12.7. The second-order valence-corrected chi connectivity index (χ2v) is 8.18. The van der Waals surface area contributed by atoms with Crippen LogP contribution in [0.15, 0.2) is 42.7 Å². The highest BCUT2D eigenvalue weighted by atomic mass is 16.3. The standard InChI is InChI=1S/C22H31N5O2/c1-2-25-10-12-26(13-11-25)19-6-4-18(5-7-19)22(29)24-20-14-17(15-21(20)28)16-27-9-3-8-23-27/h3-9,17,20-21,28H,2,10-16H2,1H3,(H,24,29)/t17?,20-,21-/m1/s1. The number of benzene rings is 1. The van der Waals surface area contributed by atoms with Gasteiger partial charge in [0.1, 0.15) is 0 Å². The van der Waals surface area contributed by atoms with Gasteiger partial charge in [-0.05, 0) is 55.6 Å². The molecule has 1 aromatic carbocycles. The van der Waals surface area contributed by atoms with E-state index in [-0.39, 0.29) is 11.9 Å². The number of aliphatic hydroxyl groups excluding tert-OH is 1. The summed E-state index contributed by atoms with van der Waals surface area (Å²) in [7, 11) is 0. The lowest BCUT2D eigenvalue weighted by molar-refractivity contribution is 0.0873. The lowest BCUT2D eigenvalue weighted by atomic mass is 10.1. The molecule has 0 radical (unpaired) electrons. The molecule has 1 amide bonds. The first-order chi connectivity index (χ1) is 14.1. The number of aliphatic hydroxyl groups is 1. The Bertz CT molecular complexity index is 784. The summed E-state index contributed by atoms with van der Waals surface area (Å²) in [4.78, 5) is 17.5. The maximum Gasteiger partial charge on any atom is 0.251 e. The number of rotatable bonds is 6. The normalized spacial score (nSPS) is 25.3. The number of carbonyl (C=O) groups excluding carboxylic acids is 1. The number of aromatic nitrogens is 2. The molecule has 1 unspecified atom stereocenters. The lowest BCUT2D eigenvalue weighted by Gasteiger charge is -2.35. The van der Waals surface area contributed by atoms with E-state index in [9.17, 15) is 9.90 Å². The number of likely N-dealkylation sites (N-methyl/N-ethyl adjacent to an activating group) is 1. The van der Waals surface area contributed by atoms with E-state index in [4.69, 9.17) is 0 Å². The van der Waals surface area contributed by atoms with Crippen molar-refractivity contribution in [1.82, 2.24) is 20.0 Å². The molecule has 1 aromatic heterocycles. The number of piperazine rings is 1. The molecule has 7 nitrogen and oxygen atoms in total. The first kappa shape index (κ1) is 19.9. The fourth-order valence-corrected chi connectivity index (χ4v) is 4.49. The van der Waals surface area contributed by atoms with E-state index in [2.05, 4.69) is 27.1 Å². The van der Waals surface area contributed by atoms with Crippen molar-refractivity contribution in [3.8, 4) is 0 Å².